The normalized spacial score (nSPS) is 29.9. The Labute approximate surface area is 100 Å². The van der Waals surface area contributed by atoms with Crippen molar-refractivity contribution in [2.24, 2.45) is 11.8 Å². The molecule has 1 heterocycles. The number of allylic oxidation sites excluding steroid dienone is 2. The number of likely N-dealkylation sites (N-methyl/N-ethyl adjacent to an activating group) is 1. The van der Waals surface area contributed by atoms with Gasteiger partial charge in [-0.2, -0.15) is 0 Å². The third-order valence-corrected chi connectivity index (χ3v) is 4.32. The van der Waals surface area contributed by atoms with Crippen molar-refractivity contribution in [3.63, 3.8) is 0 Å². The second-order valence-electron chi connectivity index (χ2n) is 5.25. The molecule has 0 amide bonds. The van der Waals surface area contributed by atoms with Crippen LogP contribution in [0.3, 0.4) is 0 Å². The fourth-order valence-corrected chi connectivity index (χ4v) is 3.12. The molecule has 0 saturated carbocycles. The van der Waals surface area contributed by atoms with Crippen LogP contribution in [0.2, 0.25) is 0 Å². The number of rotatable bonds is 5. The number of fused-ring (bicyclic) bond motifs is 1. The van der Waals surface area contributed by atoms with Gasteiger partial charge in [0.05, 0.1) is 0 Å². The van der Waals surface area contributed by atoms with E-state index in [1.807, 2.05) is 0 Å². The van der Waals surface area contributed by atoms with E-state index < -0.39 is 0 Å². The van der Waals surface area contributed by atoms with Gasteiger partial charge in [-0.25, -0.2) is 0 Å². The summed E-state index contributed by atoms with van der Waals surface area (Å²) in [6, 6.07) is 0. The van der Waals surface area contributed by atoms with Crippen LogP contribution in [0, 0.1) is 11.8 Å². The van der Waals surface area contributed by atoms with Crippen molar-refractivity contribution in [3.8, 4) is 0 Å². The molecule has 2 unspecified atom stereocenters. The highest BCUT2D eigenvalue weighted by Crippen LogP contribution is 2.32. The largest absolute Gasteiger partial charge is 0.303 e. The smallest absolute Gasteiger partial charge is 0.0110 e. The molecular weight excluding hydrogens is 196 g/mol. The highest BCUT2D eigenvalue weighted by Gasteiger charge is 2.32. The zero-order valence-corrected chi connectivity index (χ0v) is 10.9. The molecule has 2 heteroatoms. The van der Waals surface area contributed by atoms with Crippen molar-refractivity contribution < 1.29 is 0 Å². The van der Waals surface area contributed by atoms with E-state index >= 15 is 0 Å². The van der Waals surface area contributed by atoms with E-state index in [-0.39, 0.29) is 0 Å². The van der Waals surface area contributed by atoms with Crippen LogP contribution >= 0.6 is 0 Å². The van der Waals surface area contributed by atoms with Gasteiger partial charge in [-0.1, -0.05) is 26.0 Å². The van der Waals surface area contributed by atoms with Gasteiger partial charge in [-0.05, 0) is 37.8 Å². The van der Waals surface area contributed by atoms with Gasteiger partial charge in [-0.15, -0.1) is 0 Å². The molecule has 1 saturated heterocycles. The molecule has 92 valence electrons. The molecular formula is C14H26N2. The lowest BCUT2D eigenvalue weighted by Gasteiger charge is -2.22. The summed E-state index contributed by atoms with van der Waals surface area (Å²) in [7, 11) is 0. The van der Waals surface area contributed by atoms with E-state index in [0.717, 1.165) is 11.8 Å². The zero-order valence-electron chi connectivity index (χ0n) is 10.9. The quantitative estimate of drug-likeness (QED) is 0.658. The Morgan fingerprint density at radius 3 is 2.12 bits per heavy atom. The lowest BCUT2D eigenvalue weighted by atomic mass is 9.86. The van der Waals surface area contributed by atoms with E-state index in [1.54, 1.807) is 0 Å². The standard InChI is InChI=1S/C14H26N2/c1-3-15(4-2)9-10-16-11-13-7-5-6-8-14(13)12-16/h5-6,13-14H,3-4,7-12H2,1-2H3. The topological polar surface area (TPSA) is 6.48 Å². The molecule has 2 aliphatic rings. The maximum Gasteiger partial charge on any atom is 0.0110 e. The summed E-state index contributed by atoms with van der Waals surface area (Å²) in [5, 5.41) is 0. The minimum Gasteiger partial charge on any atom is -0.303 e. The average molecular weight is 222 g/mol. The molecule has 0 spiro atoms. The number of hydrogen-bond donors (Lipinski definition) is 0. The summed E-state index contributed by atoms with van der Waals surface area (Å²) in [6.45, 7) is 12.1. The van der Waals surface area contributed by atoms with Crippen molar-refractivity contribution >= 4 is 0 Å². The Kier molecular flexibility index (Phi) is 4.42. The van der Waals surface area contributed by atoms with Crippen LogP contribution in [0.5, 0.6) is 0 Å². The summed E-state index contributed by atoms with van der Waals surface area (Å²) in [6.07, 6.45) is 7.42. The average Bonchev–Trinajstić information content (AvgIpc) is 2.73. The first-order valence-electron chi connectivity index (χ1n) is 6.93. The Hall–Kier alpha value is -0.340. The van der Waals surface area contributed by atoms with Gasteiger partial charge in [0.2, 0.25) is 0 Å². The van der Waals surface area contributed by atoms with Crippen LogP contribution in [-0.2, 0) is 0 Å². The van der Waals surface area contributed by atoms with Crippen molar-refractivity contribution in [2.45, 2.75) is 26.7 Å². The molecule has 1 fully saturated rings. The summed E-state index contributed by atoms with van der Waals surface area (Å²) < 4.78 is 0. The van der Waals surface area contributed by atoms with E-state index in [2.05, 4.69) is 35.8 Å². The number of nitrogens with zero attached hydrogens (tertiary/aromatic N) is 2. The molecule has 0 bridgehead atoms. The fraction of sp³-hybridized carbons (Fsp3) is 0.857. The van der Waals surface area contributed by atoms with Crippen LogP contribution in [0.4, 0.5) is 0 Å². The minimum absolute atomic E-state index is 0.960. The molecule has 1 aliphatic heterocycles. The van der Waals surface area contributed by atoms with E-state index in [1.165, 1.54) is 52.1 Å². The maximum absolute atomic E-state index is 2.68. The number of hydrogen-bond acceptors (Lipinski definition) is 2. The molecule has 2 atom stereocenters. The summed E-state index contributed by atoms with van der Waals surface area (Å²) in [5.74, 6) is 1.92. The summed E-state index contributed by atoms with van der Waals surface area (Å²) >= 11 is 0. The summed E-state index contributed by atoms with van der Waals surface area (Å²) in [4.78, 5) is 5.21. The molecule has 1 aliphatic carbocycles. The minimum atomic E-state index is 0.960. The Bertz CT molecular complexity index is 217. The summed E-state index contributed by atoms with van der Waals surface area (Å²) in [5.41, 5.74) is 0. The highest BCUT2D eigenvalue weighted by atomic mass is 15.2. The molecule has 0 radical (unpaired) electrons. The zero-order chi connectivity index (χ0) is 11.4. The van der Waals surface area contributed by atoms with E-state index in [0.29, 0.717) is 0 Å². The lowest BCUT2D eigenvalue weighted by molar-refractivity contribution is 0.235. The van der Waals surface area contributed by atoms with E-state index in [4.69, 9.17) is 0 Å². The van der Waals surface area contributed by atoms with Crippen LogP contribution < -0.4 is 0 Å². The molecule has 0 N–H and O–H groups in total. The SMILES string of the molecule is CCN(CC)CCN1CC2CC=CCC2C1. The Balaban J connectivity index is 1.73. The van der Waals surface area contributed by atoms with Crippen LogP contribution in [0.25, 0.3) is 0 Å². The molecule has 2 nitrogen and oxygen atoms in total. The predicted octanol–water partition coefficient (Wildman–Crippen LogP) is 2.23. The second-order valence-corrected chi connectivity index (χ2v) is 5.25. The van der Waals surface area contributed by atoms with Crippen molar-refractivity contribution in [1.29, 1.82) is 0 Å². The first kappa shape index (κ1) is 12.1. The van der Waals surface area contributed by atoms with Gasteiger partial charge in [0.25, 0.3) is 0 Å². The third-order valence-electron chi connectivity index (χ3n) is 4.32. The second kappa shape index (κ2) is 5.83. The van der Waals surface area contributed by atoms with Crippen molar-refractivity contribution in [3.05, 3.63) is 12.2 Å². The van der Waals surface area contributed by atoms with Crippen LogP contribution in [0.1, 0.15) is 26.7 Å². The van der Waals surface area contributed by atoms with Gasteiger partial charge in [-0.3, -0.25) is 0 Å². The van der Waals surface area contributed by atoms with Gasteiger partial charge >= 0.3 is 0 Å². The molecule has 2 rings (SSSR count). The van der Waals surface area contributed by atoms with Gasteiger partial charge in [0, 0.05) is 26.2 Å². The fourth-order valence-electron chi connectivity index (χ4n) is 3.12. The highest BCUT2D eigenvalue weighted by molar-refractivity contribution is 4.99. The molecule has 0 aromatic heterocycles. The lowest BCUT2D eigenvalue weighted by Crippen LogP contribution is -2.34. The first-order valence-corrected chi connectivity index (χ1v) is 6.93. The van der Waals surface area contributed by atoms with Gasteiger partial charge in [0.15, 0.2) is 0 Å². The Morgan fingerprint density at radius 1 is 1.06 bits per heavy atom. The monoisotopic (exact) mass is 222 g/mol. The van der Waals surface area contributed by atoms with Crippen LogP contribution in [0.15, 0.2) is 12.2 Å². The number of likely N-dealkylation sites (tertiary alicyclic amines) is 1. The Morgan fingerprint density at radius 2 is 1.62 bits per heavy atom. The van der Waals surface area contributed by atoms with Crippen LogP contribution in [-0.4, -0.2) is 49.1 Å². The van der Waals surface area contributed by atoms with Gasteiger partial charge < -0.3 is 9.80 Å². The predicted molar refractivity (Wildman–Crippen MR) is 69.6 cm³/mol. The molecule has 0 aromatic rings. The maximum atomic E-state index is 2.68. The molecule has 0 aromatic carbocycles. The van der Waals surface area contributed by atoms with Crippen molar-refractivity contribution in [1.82, 2.24) is 9.80 Å². The molecule has 16 heavy (non-hydrogen) atoms. The first-order chi connectivity index (χ1) is 7.83. The van der Waals surface area contributed by atoms with Crippen molar-refractivity contribution in [2.75, 3.05) is 39.3 Å². The van der Waals surface area contributed by atoms with Gasteiger partial charge in [0.1, 0.15) is 0 Å². The third kappa shape index (κ3) is 2.86. The van der Waals surface area contributed by atoms with E-state index in [9.17, 15) is 0 Å².